The molecule has 30 heavy (non-hydrogen) atoms. The van der Waals surface area contributed by atoms with Crippen molar-refractivity contribution < 1.29 is 18.7 Å². The van der Waals surface area contributed by atoms with Crippen LogP contribution in [0, 0.1) is 18.3 Å². The van der Waals surface area contributed by atoms with Gasteiger partial charge in [0.15, 0.2) is 11.3 Å². The number of nitriles is 1. The summed E-state index contributed by atoms with van der Waals surface area (Å²) in [6.07, 6.45) is 0.731. The number of benzene rings is 2. The molecule has 0 saturated carbocycles. The van der Waals surface area contributed by atoms with Gasteiger partial charge in [-0.3, -0.25) is 0 Å². The van der Waals surface area contributed by atoms with Crippen molar-refractivity contribution in [2.24, 2.45) is 0 Å². The Bertz CT molecular complexity index is 1090. The maximum absolute atomic E-state index is 12.5. The second-order valence-electron chi connectivity index (χ2n) is 7.64. The van der Waals surface area contributed by atoms with Gasteiger partial charge >= 0.3 is 6.09 Å². The molecule has 0 radical (unpaired) electrons. The second-order valence-corrected chi connectivity index (χ2v) is 7.64. The second kappa shape index (κ2) is 8.11. The monoisotopic (exact) mass is 404 g/mol. The number of hydrogen-bond acceptors (Lipinski definition) is 5. The Kier molecular flexibility index (Phi) is 5.37. The van der Waals surface area contributed by atoms with Crippen LogP contribution in [0.4, 0.5) is 4.79 Å². The lowest BCUT2D eigenvalue weighted by Crippen LogP contribution is -2.44. The van der Waals surface area contributed by atoms with Gasteiger partial charge < -0.3 is 18.8 Å². The lowest BCUT2D eigenvalue weighted by atomic mass is 9.73. The average molecular weight is 404 g/mol. The number of rotatable bonds is 4. The molecule has 4 rings (SSSR count). The Morgan fingerprint density at radius 2 is 1.93 bits per heavy atom. The summed E-state index contributed by atoms with van der Waals surface area (Å²) < 4.78 is 16.7. The first-order chi connectivity index (χ1) is 14.6. The topological polar surface area (TPSA) is 75.7 Å². The van der Waals surface area contributed by atoms with Crippen molar-refractivity contribution >= 4 is 17.1 Å². The van der Waals surface area contributed by atoms with E-state index >= 15 is 0 Å². The zero-order valence-corrected chi connectivity index (χ0v) is 17.2. The van der Waals surface area contributed by atoms with Crippen LogP contribution in [0.1, 0.15) is 29.7 Å². The van der Waals surface area contributed by atoms with Gasteiger partial charge in [-0.2, -0.15) is 5.26 Å². The molecule has 154 valence electrons. The van der Waals surface area contributed by atoms with Crippen LogP contribution in [-0.4, -0.2) is 31.2 Å². The van der Waals surface area contributed by atoms with Gasteiger partial charge in [-0.05, 0) is 43.0 Å². The van der Waals surface area contributed by atoms with Gasteiger partial charge in [-0.1, -0.05) is 36.4 Å². The van der Waals surface area contributed by atoms with Gasteiger partial charge in [0.05, 0.1) is 18.6 Å². The summed E-state index contributed by atoms with van der Waals surface area (Å²) in [5.41, 5.74) is 1.85. The number of furan rings is 1. The van der Waals surface area contributed by atoms with E-state index in [1.807, 2.05) is 55.5 Å². The van der Waals surface area contributed by atoms with E-state index in [1.165, 1.54) is 0 Å². The zero-order valence-electron chi connectivity index (χ0n) is 17.2. The van der Waals surface area contributed by atoms with Crippen molar-refractivity contribution in [1.29, 1.82) is 5.26 Å². The standard InChI is InChI=1S/C24H24N2O4/c1-17-14-19-20(8-9-21(28-2)22(19)30-17)24(16-25)10-12-26(13-11-24)23(27)29-15-18-6-4-3-5-7-18/h3-9,14H,10-13,15H2,1-2H3. The number of methoxy groups -OCH3 is 1. The van der Waals surface area contributed by atoms with Gasteiger partial charge in [-0.15, -0.1) is 0 Å². The van der Waals surface area contributed by atoms with E-state index in [4.69, 9.17) is 13.9 Å². The van der Waals surface area contributed by atoms with Crippen LogP contribution in [-0.2, 0) is 16.8 Å². The van der Waals surface area contributed by atoms with Crippen LogP contribution in [0.25, 0.3) is 11.0 Å². The number of aryl methyl sites for hydroxylation is 1. The maximum atomic E-state index is 12.5. The number of carbonyl (C=O) groups is 1. The molecular weight excluding hydrogens is 380 g/mol. The summed E-state index contributed by atoms with van der Waals surface area (Å²) in [6, 6.07) is 17.9. The van der Waals surface area contributed by atoms with Gasteiger partial charge in [-0.25, -0.2) is 4.79 Å². The fraction of sp³-hybridized carbons (Fsp3) is 0.333. The maximum Gasteiger partial charge on any atom is 0.410 e. The van der Waals surface area contributed by atoms with Crippen LogP contribution in [0.15, 0.2) is 52.9 Å². The van der Waals surface area contributed by atoms with Crippen LogP contribution in [0.3, 0.4) is 0 Å². The van der Waals surface area contributed by atoms with Crippen LogP contribution in [0.5, 0.6) is 5.75 Å². The van der Waals surface area contributed by atoms with Gasteiger partial charge in [0.25, 0.3) is 0 Å². The van der Waals surface area contributed by atoms with E-state index in [0.717, 1.165) is 22.3 Å². The Balaban J connectivity index is 1.50. The number of amides is 1. The molecule has 0 aliphatic carbocycles. The first-order valence-corrected chi connectivity index (χ1v) is 10.0. The molecule has 2 heterocycles. The highest BCUT2D eigenvalue weighted by molar-refractivity contribution is 5.88. The fourth-order valence-electron chi connectivity index (χ4n) is 4.12. The SMILES string of the molecule is COc1ccc(C2(C#N)CCN(C(=O)OCc3ccccc3)CC2)c2cc(C)oc12. The Morgan fingerprint density at radius 3 is 2.60 bits per heavy atom. The highest BCUT2D eigenvalue weighted by Crippen LogP contribution is 2.42. The number of fused-ring (bicyclic) bond motifs is 1. The molecule has 1 fully saturated rings. The van der Waals surface area contributed by atoms with Crippen molar-refractivity contribution in [3.05, 3.63) is 65.4 Å². The quantitative estimate of drug-likeness (QED) is 0.615. The van der Waals surface area contributed by atoms with Crippen molar-refractivity contribution in [3.63, 3.8) is 0 Å². The summed E-state index contributed by atoms with van der Waals surface area (Å²) in [5, 5.41) is 11.0. The summed E-state index contributed by atoms with van der Waals surface area (Å²) in [4.78, 5) is 14.2. The molecule has 1 aromatic heterocycles. The molecule has 0 bridgehead atoms. The van der Waals surface area contributed by atoms with E-state index in [0.29, 0.717) is 37.3 Å². The Morgan fingerprint density at radius 1 is 1.20 bits per heavy atom. The molecule has 0 atom stereocenters. The molecule has 1 saturated heterocycles. The van der Waals surface area contributed by atoms with E-state index in [2.05, 4.69) is 6.07 Å². The van der Waals surface area contributed by atoms with Crippen molar-refractivity contribution in [2.45, 2.75) is 31.8 Å². The van der Waals surface area contributed by atoms with Crippen LogP contribution < -0.4 is 4.74 Å². The Hall–Kier alpha value is -3.46. The summed E-state index contributed by atoms with van der Waals surface area (Å²) in [5.74, 6) is 1.42. The molecule has 0 unspecified atom stereocenters. The van der Waals surface area contributed by atoms with Gasteiger partial charge in [0.1, 0.15) is 12.4 Å². The molecular formula is C24H24N2O4. The van der Waals surface area contributed by atoms with Crippen LogP contribution >= 0.6 is 0 Å². The van der Waals surface area contributed by atoms with E-state index in [-0.39, 0.29) is 12.7 Å². The number of hydrogen-bond donors (Lipinski definition) is 0. The number of carbonyl (C=O) groups excluding carboxylic acids is 1. The smallest absolute Gasteiger partial charge is 0.410 e. The minimum Gasteiger partial charge on any atom is -0.493 e. The minimum atomic E-state index is -0.683. The van der Waals surface area contributed by atoms with E-state index in [9.17, 15) is 10.1 Å². The molecule has 2 aromatic carbocycles. The third-order valence-corrected chi connectivity index (χ3v) is 5.80. The average Bonchev–Trinajstić information content (AvgIpc) is 3.18. The molecule has 1 aliphatic rings. The number of nitrogens with zero attached hydrogens (tertiary/aromatic N) is 2. The third kappa shape index (κ3) is 3.59. The summed E-state index contributed by atoms with van der Waals surface area (Å²) in [6.45, 7) is 3.05. The van der Waals surface area contributed by atoms with Crippen LogP contribution in [0.2, 0.25) is 0 Å². The molecule has 0 N–H and O–H groups in total. The number of likely N-dealkylation sites (tertiary alicyclic amines) is 1. The summed E-state index contributed by atoms with van der Waals surface area (Å²) in [7, 11) is 1.60. The first-order valence-electron chi connectivity index (χ1n) is 10.0. The predicted octanol–water partition coefficient (Wildman–Crippen LogP) is 4.94. The summed E-state index contributed by atoms with van der Waals surface area (Å²) >= 11 is 0. The zero-order chi connectivity index (χ0) is 21.1. The van der Waals surface area contributed by atoms with Gasteiger partial charge in [0, 0.05) is 18.5 Å². The van der Waals surface area contributed by atoms with Crippen molar-refractivity contribution in [1.82, 2.24) is 4.90 Å². The number of piperidine rings is 1. The molecule has 1 amide bonds. The molecule has 6 nitrogen and oxygen atoms in total. The highest BCUT2D eigenvalue weighted by atomic mass is 16.6. The Labute approximate surface area is 175 Å². The molecule has 6 heteroatoms. The number of ether oxygens (including phenoxy) is 2. The van der Waals surface area contributed by atoms with Crippen molar-refractivity contribution in [3.8, 4) is 11.8 Å². The molecule has 3 aromatic rings. The van der Waals surface area contributed by atoms with E-state index < -0.39 is 5.41 Å². The lowest BCUT2D eigenvalue weighted by molar-refractivity contribution is 0.0827. The molecule has 0 spiro atoms. The highest BCUT2D eigenvalue weighted by Gasteiger charge is 2.40. The third-order valence-electron chi connectivity index (χ3n) is 5.80. The largest absolute Gasteiger partial charge is 0.493 e. The lowest BCUT2D eigenvalue weighted by Gasteiger charge is -2.37. The normalized spacial score (nSPS) is 15.6. The molecule has 1 aliphatic heterocycles. The van der Waals surface area contributed by atoms with Crippen molar-refractivity contribution in [2.75, 3.05) is 20.2 Å². The first kappa shape index (κ1) is 19.8. The van der Waals surface area contributed by atoms with E-state index in [1.54, 1.807) is 12.0 Å². The fourth-order valence-corrected chi connectivity index (χ4v) is 4.12. The minimum absolute atomic E-state index is 0.243. The van der Waals surface area contributed by atoms with Gasteiger partial charge in [0.2, 0.25) is 0 Å². The predicted molar refractivity (Wildman–Crippen MR) is 112 cm³/mol.